The van der Waals surface area contributed by atoms with Gasteiger partial charge in [0.25, 0.3) is 0 Å². The third kappa shape index (κ3) is 1.56. The molecule has 0 N–H and O–H groups in total. The molecular weight excluding hydrogens is 168 g/mol. The standard InChI is InChI=1S/C9H8N2O2/c1-6(12)5-8-11-9-7(13-8)3-2-4-10-9/h2-4H,5H2,1H3. The minimum atomic E-state index is 0.0338. The molecule has 0 radical (unpaired) electrons. The van der Waals surface area contributed by atoms with Crippen molar-refractivity contribution in [2.24, 2.45) is 0 Å². The highest BCUT2D eigenvalue weighted by Gasteiger charge is 2.07. The summed E-state index contributed by atoms with van der Waals surface area (Å²) in [6, 6.07) is 3.55. The average molecular weight is 176 g/mol. The number of carbonyl (C=O) groups is 1. The van der Waals surface area contributed by atoms with Crippen molar-refractivity contribution < 1.29 is 9.21 Å². The Balaban J connectivity index is 2.44. The monoisotopic (exact) mass is 176 g/mol. The Bertz CT molecular complexity index is 415. The number of carbonyl (C=O) groups excluding carboxylic acids is 1. The molecule has 0 saturated heterocycles. The summed E-state index contributed by atoms with van der Waals surface area (Å²) in [5.41, 5.74) is 1.18. The Morgan fingerprint density at radius 1 is 1.62 bits per heavy atom. The molecule has 2 aromatic heterocycles. The maximum atomic E-state index is 10.8. The maximum Gasteiger partial charge on any atom is 0.204 e. The lowest BCUT2D eigenvalue weighted by atomic mass is 10.3. The molecule has 2 heterocycles. The van der Waals surface area contributed by atoms with Crippen LogP contribution in [0, 0.1) is 0 Å². The van der Waals surface area contributed by atoms with Crippen molar-refractivity contribution in [3.05, 3.63) is 24.2 Å². The molecule has 2 rings (SSSR count). The maximum absolute atomic E-state index is 10.8. The van der Waals surface area contributed by atoms with E-state index < -0.39 is 0 Å². The van der Waals surface area contributed by atoms with Crippen LogP contribution in [-0.4, -0.2) is 15.8 Å². The van der Waals surface area contributed by atoms with Gasteiger partial charge in [-0.2, -0.15) is 4.98 Å². The van der Waals surface area contributed by atoms with Gasteiger partial charge in [-0.3, -0.25) is 4.79 Å². The van der Waals surface area contributed by atoms with Gasteiger partial charge in [0.05, 0.1) is 6.42 Å². The smallest absolute Gasteiger partial charge is 0.204 e. The van der Waals surface area contributed by atoms with Crippen LogP contribution in [0.25, 0.3) is 11.2 Å². The number of Topliss-reactive ketones (excluding diaryl/α,β-unsaturated/α-hetero) is 1. The molecule has 0 bridgehead atoms. The Hall–Kier alpha value is -1.71. The zero-order valence-electron chi connectivity index (χ0n) is 7.15. The largest absolute Gasteiger partial charge is 0.438 e. The second-order valence-corrected chi connectivity index (χ2v) is 2.81. The number of hydrogen-bond acceptors (Lipinski definition) is 4. The van der Waals surface area contributed by atoms with Crippen LogP contribution >= 0.6 is 0 Å². The van der Waals surface area contributed by atoms with Gasteiger partial charge >= 0.3 is 0 Å². The van der Waals surface area contributed by atoms with E-state index in [1.165, 1.54) is 6.92 Å². The van der Waals surface area contributed by atoms with Gasteiger partial charge < -0.3 is 4.42 Å². The van der Waals surface area contributed by atoms with Crippen LogP contribution in [-0.2, 0) is 11.2 Å². The molecule has 0 unspecified atom stereocenters. The lowest BCUT2D eigenvalue weighted by Gasteiger charge is -1.85. The van der Waals surface area contributed by atoms with Crippen LogP contribution in [0.3, 0.4) is 0 Å². The van der Waals surface area contributed by atoms with Crippen molar-refractivity contribution in [2.45, 2.75) is 13.3 Å². The van der Waals surface area contributed by atoms with E-state index in [2.05, 4.69) is 9.97 Å². The first-order valence-corrected chi connectivity index (χ1v) is 3.95. The second kappa shape index (κ2) is 2.97. The fourth-order valence-corrected chi connectivity index (χ4v) is 1.10. The highest BCUT2D eigenvalue weighted by Crippen LogP contribution is 2.12. The van der Waals surface area contributed by atoms with Crippen LogP contribution in [0.2, 0.25) is 0 Å². The Morgan fingerprint density at radius 2 is 2.46 bits per heavy atom. The topological polar surface area (TPSA) is 56.0 Å². The fraction of sp³-hybridized carbons (Fsp3) is 0.222. The fourth-order valence-electron chi connectivity index (χ4n) is 1.10. The lowest BCUT2D eigenvalue weighted by molar-refractivity contribution is -0.116. The van der Waals surface area contributed by atoms with Crippen molar-refractivity contribution in [2.75, 3.05) is 0 Å². The molecule has 0 aliphatic heterocycles. The van der Waals surface area contributed by atoms with E-state index in [-0.39, 0.29) is 12.2 Å². The molecule has 66 valence electrons. The number of hydrogen-bond donors (Lipinski definition) is 0. The van der Waals surface area contributed by atoms with Gasteiger partial charge in [-0.1, -0.05) is 0 Å². The molecule has 13 heavy (non-hydrogen) atoms. The number of aromatic nitrogens is 2. The Labute approximate surface area is 74.6 Å². The van der Waals surface area contributed by atoms with Gasteiger partial charge in [0.1, 0.15) is 5.78 Å². The van der Waals surface area contributed by atoms with E-state index in [4.69, 9.17) is 4.42 Å². The van der Waals surface area contributed by atoms with Gasteiger partial charge in [0.15, 0.2) is 11.2 Å². The van der Waals surface area contributed by atoms with E-state index in [1.807, 2.05) is 0 Å². The van der Waals surface area contributed by atoms with Crippen LogP contribution in [0.5, 0.6) is 0 Å². The predicted molar refractivity (Wildman–Crippen MR) is 46.2 cm³/mol. The molecule has 0 spiro atoms. The number of rotatable bonds is 2. The van der Waals surface area contributed by atoms with Gasteiger partial charge in [0.2, 0.25) is 5.89 Å². The van der Waals surface area contributed by atoms with E-state index in [0.717, 1.165) is 0 Å². The highest BCUT2D eigenvalue weighted by molar-refractivity contribution is 5.78. The molecular formula is C9H8N2O2. The third-order valence-electron chi connectivity index (χ3n) is 1.61. The third-order valence-corrected chi connectivity index (χ3v) is 1.61. The van der Waals surface area contributed by atoms with E-state index in [1.54, 1.807) is 18.3 Å². The number of oxazole rings is 1. The van der Waals surface area contributed by atoms with E-state index >= 15 is 0 Å². The van der Waals surface area contributed by atoms with Crippen LogP contribution in [0.4, 0.5) is 0 Å². The summed E-state index contributed by atoms with van der Waals surface area (Å²) < 4.78 is 5.28. The van der Waals surface area contributed by atoms with E-state index in [9.17, 15) is 4.79 Å². The van der Waals surface area contributed by atoms with E-state index in [0.29, 0.717) is 17.1 Å². The molecule has 0 saturated carbocycles. The molecule has 0 aliphatic rings. The number of pyridine rings is 1. The van der Waals surface area contributed by atoms with Crippen molar-refractivity contribution >= 4 is 17.0 Å². The quantitative estimate of drug-likeness (QED) is 0.693. The van der Waals surface area contributed by atoms with Gasteiger partial charge in [0, 0.05) is 6.20 Å². The molecule has 4 nitrogen and oxygen atoms in total. The van der Waals surface area contributed by atoms with Crippen molar-refractivity contribution in [3.8, 4) is 0 Å². The first-order valence-electron chi connectivity index (χ1n) is 3.95. The van der Waals surface area contributed by atoms with Crippen LogP contribution in [0.1, 0.15) is 12.8 Å². The predicted octanol–water partition coefficient (Wildman–Crippen LogP) is 1.35. The zero-order chi connectivity index (χ0) is 9.26. The molecule has 4 heteroatoms. The Kier molecular flexibility index (Phi) is 1.81. The second-order valence-electron chi connectivity index (χ2n) is 2.81. The SMILES string of the molecule is CC(=O)Cc1nc2ncccc2o1. The normalized spacial score (nSPS) is 10.5. The zero-order valence-corrected chi connectivity index (χ0v) is 7.15. The first-order chi connectivity index (χ1) is 6.25. The average Bonchev–Trinajstić information content (AvgIpc) is 2.44. The summed E-state index contributed by atoms with van der Waals surface area (Å²) in [6.45, 7) is 1.50. The molecule has 0 aliphatic carbocycles. The summed E-state index contributed by atoms with van der Waals surface area (Å²) >= 11 is 0. The molecule has 0 fully saturated rings. The van der Waals surface area contributed by atoms with Crippen LogP contribution < -0.4 is 0 Å². The number of fused-ring (bicyclic) bond motifs is 1. The molecule has 0 amide bonds. The summed E-state index contributed by atoms with van der Waals surface area (Å²) in [5.74, 6) is 0.466. The molecule has 0 atom stereocenters. The summed E-state index contributed by atoms with van der Waals surface area (Å²) in [4.78, 5) is 18.8. The molecule has 0 aromatic carbocycles. The minimum absolute atomic E-state index is 0.0338. The van der Waals surface area contributed by atoms with Crippen molar-refractivity contribution in [1.29, 1.82) is 0 Å². The summed E-state index contributed by atoms with van der Waals surface area (Å²) in [5, 5.41) is 0. The molecule has 2 aromatic rings. The lowest BCUT2D eigenvalue weighted by Crippen LogP contribution is -1.95. The Morgan fingerprint density at radius 3 is 3.15 bits per heavy atom. The number of nitrogens with zero attached hydrogens (tertiary/aromatic N) is 2. The summed E-state index contributed by atoms with van der Waals surface area (Å²) in [6.07, 6.45) is 1.87. The highest BCUT2D eigenvalue weighted by atomic mass is 16.3. The number of ketones is 1. The van der Waals surface area contributed by atoms with Crippen molar-refractivity contribution in [3.63, 3.8) is 0 Å². The van der Waals surface area contributed by atoms with Gasteiger partial charge in [-0.15, -0.1) is 0 Å². The van der Waals surface area contributed by atoms with Crippen LogP contribution in [0.15, 0.2) is 22.7 Å². The summed E-state index contributed by atoms with van der Waals surface area (Å²) in [7, 11) is 0. The first kappa shape index (κ1) is 7.91. The van der Waals surface area contributed by atoms with Gasteiger partial charge in [-0.05, 0) is 19.1 Å². The minimum Gasteiger partial charge on any atom is -0.438 e. The van der Waals surface area contributed by atoms with Gasteiger partial charge in [-0.25, -0.2) is 4.98 Å². The van der Waals surface area contributed by atoms with Crippen molar-refractivity contribution in [1.82, 2.24) is 9.97 Å².